The van der Waals surface area contributed by atoms with Gasteiger partial charge in [0.2, 0.25) is 0 Å². The van der Waals surface area contributed by atoms with Gasteiger partial charge in [-0.15, -0.1) is 34.7 Å². The standard InChI is InChI=1S/C12H10ClNOS2/c1-16-9-4-2-8(3-5-9)12-14-10(7-17-12)11(15)6-13/h2-5,7H,6H2,1H3. The first-order chi connectivity index (χ1) is 8.24. The zero-order valence-corrected chi connectivity index (χ0v) is 11.5. The first-order valence-corrected chi connectivity index (χ1v) is 7.57. The molecule has 1 aromatic heterocycles. The molecule has 88 valence electrons. The van der Waals surface area contributed by atoms with Crippen LogP contribution in [-0.4, -0.2) is 22.9 Å². The molecule has 1 heterocycles. The van der Waals surface area contributed by atoms with E-state index in [0.29, 0.717) is 5.69 Å². The summed E-state index contributed by atoms with van der Waals surface area (Å²) in [6.07, 6.45) is 2.04. The van der Waals surface area contributed by atoms with E-state index in [-0.39, 0.29) is 11.7 Å². The average molecular weight is 284 g/mol. The number of ketones is 1. The molecule has 0 aliphatic heterocycles. The minimum atomic E-state index is -0.130. The fourth-order valence-corrected chi connectivity index (χ4v) is 2.71. The van der Waals surface area contributed by atoms with Crippen molar-refractivity contribution in [3.8, 4) is 10.6 Å². The fourth-order valence-electron chi connectivity index (χ4n) is 1.34. The first-order valence-electron chi connectivity index (χ1n) is 4.93. The van der Waals surface area contributed by atoms with Crippen molar-refractivity contribution < 1.29 is 4.79 Å². The van der Waals surface area contributed by atoms with Gasteiger partial charge in [-0.1, -0.05) is 12.1 Å². The monoisotopic (exact) mass is 283 g/mol. The third-order valence-corrected chi connectivity index (χ3v) is 4.13. The Labute approximate surface area is 113 Å². The van der Waals surface area contributed by atoms with E-state index in [1.54, 1.807) is 17.1 Å². The largest absolute Gasteiger partial charge is 0.291 e. The maximum atomic E-state index is 11.4. The molecule has 0 saturated heterocycles. The Balaban J connectivity index is 2.27. The molecule has 0 aliphatic rings. The fraction of sp³-hybridized carbons (Fsp3) is 0.167. The zero-order valence-electron chi connectivity index (χ0n) is 9.14. The van der Waals surface area contributed by atoms with Crippen LogP contribution in [0.2, 0.25) is 0 Å². The van der Waals surface area contributed by atoms with Crippen LogP contribution in [0.4, 0.5) is 0 Å². The molecule has 0 N–H and O–H groups in total. The summed E-state index contributed by atoms with van der Waals surface area (Å²) in [7, 11) is 0. The minimum absolute atomic E-state index is 0.0193. The van der Waals surface area contributed by atoms with E-state index < -0.39 is 0 Å². The van der Waals surface area contributed by atoms with Crippen LogP contribution in [0.1, 0.15) is 10.5 Å². The number of alkyl halides is 1. The lowest BCUT2D eigenvalue weighted by molar-refractivity contribution is 0.101. The van der Waals surface area contributed by atoms with E-state index in [2.05, 4.69) is 4.98 Å². The smallest absolute Gasteiger partial charge is 0.196 e. The number of carbonyl (C=O) groups excluding carboxylic acids is 1. The molecule has 2 aromatic rings. The van der Waals surface area contributed by atoms with Gasteiger partial charge in [-0.2, -0.15) is 0 Å². The Bertz CT molecular complexity index is 522. The van der Waals surface area contributed by atoms with Gasteiger partial charge < -0.3 is 0 Å². The molecule has 5 heteroatoms. The Morgan fingerprint density at radius 1 is 1.41 bits per heavy atom. The Hall–Kier alpha value is -0.840. The summed E-state index contributed by atoms with van der Waals surface area (Å²) in [5.74, 6) is -0.149. The molecule has 0 bridgehead atoms. The Morgan fingerprint density at radius 2 is 2.12 bits per heavy atom. The van der Waals surface area contributed by atoms with E-state index in [4.69, 9.17) is 11.6 Å². The Kier molecular flexibility index (Phi) is 4.20. The maximum Gasteiger partial charge on any atom is 0.196 e. The van der Waals surface area contributed by atoms with Crippen molar-refractivity contribution in [2.75, 3.05) is 12.1 Å². The molecule has 2 nitrogen and oxygen atoms in total. The summed E-state index contributed by atoms with van der Waals surface area (Å²) in [4.78, 5) is 16.9. The van der Waals surface area contributed by atoms with E-state index >= 15 is 0 Å². The molecular weight excluding hydrogens is 274 g/mol. The van der Waals surface area contributed by atoms with Crippen LogP contribution in [0.5, 0.6) is 0 Å². The van der Waals surface area contributed by atoms with Crippen molar-refractivity contribution in [1.29, 1.82) is 0 Å². The second-order valence-electron chi connectivity index (χ2n) is 3.32. The number of rotatable bonds is 4. The van der Waals surface area contributed by atoms with Crippen LogP contribution in [0.3, 0.4) is 0 Å². The molecule has 0 fully saturated rings. The van der Waals surface area contributed by atoms with E-state index in [1.165, 1.54) is 16.2 Å². The molecule has 0 saturated carbocycles. The van der Waals surface area contributed by atoms with Gasteiger partial charge in [0.15, 0.2) is 5.78 Å². The molecule has 0 unspecified atom stereocenters. The highest BCUT2D eigenvalue weighted by Crippen LogP contribution is 2.26. The number of hydrogen-bond acceptors (Lipinski definition) is 4. The summed E-state index contributed by atoms with van der Waals surface area (Å²) in [5.41, 5.74) is 1.48. The number of nitrogens with zero attached hydrogens (tertiary/aromatic N) is 1. The predicted molar refractivity (Wildman–Crippen MR) is 74.4 cm³/mol. The number of thiazole rings is 1. The molecule has 0 atom stereocenters. The number of Topliss-reactive ketones (excluding diaryl/α,β-unsaturated/α-hetero) is 1. The summed E-state index contributed by atoms with van der Waals surface area (Å²) in [6, 6.07) is 8.12. The van der Waals surface area contributed by atoms with Crippen LogP contribution in [0.25, 0.3) is 10.6 Å². The van der Waals surface area contributed by atoms with Crippen LogP contribution < -0.4 is 0 Å². The highest BCUT2D eigenvalue weighted by atomic mass is 35.5. The third kappa shape index (κ3) is 2.89. The van der Waals surface area contributed by atoms with Gasteiger partial charge in [-0.25, -0.2) is 4.98 Å². The predicted octanol–water partition coefficient (Wildman–Crippen LogP) is 3.95. The van der Waals surface area contributed by atoms with Gasteiger partial charge >= 0.3 is 0 Å². The van der Waals surface area contributed by atoms with E-state index in [9.17, 15) is 4.79 Å². The Morgan fingerprint density at radius 3 is 2.71 bits per heavy atom. The lowest BCUT2D eigenvalue weighted by atomic mass is 10.2. The van der Waals surface area contributed by atoms with Crippen molar-refractivity contribution in [3.05, 3.63) is 35.3 Å². The summed E-state index contributed by atoms with van der Waals surface area (Å²) in [6.45, 7) is 0. The number of carbonyl (C=O) groups is 1. The molecule has 0 amide bonds. The normalized spacial score (nSPS) is 10.5. The van der Waals surface area contributed by atoms with Crippen LogP contribution in [-0.2, 0) is 0 Å². The summed E-state index contributed by atoms with van der Waals surface area (Å²) < 4.78 is 0. The van der Waals surface area contributed by atoms with Crippen molar-refractivity contribution in [2.45, 2.75) is 4.90 Å². The van der Waals surface area contributed by atoms with Crippen molar-refractivity contribution in [1.82, 2.24) is 4.98 Å². The van der Waals surface area contributed by atoms with Crippen LogP contribution in [0, 0.1) is 0 Å². The molecule has 17 heavy (non-hydrogen) atoms. The van der Waals surface area contributed by atoms with Crippen molar-refractivity contribution in [3.63, 3.8) is 0 Å². The molecule has 0 spiro atoms. The number of halogens is 1. The topological polar surface area (TPSA) is 30.0 Å². The number of thioether (sulfide) groups is 1. The second kappa shape index (κ2) is 5.67. The number of aromatic nitrogens is 1. The third-order valence-electron chi connectivity index (χ3n) is 2.25. The zero-order chi connectivity index (χ0) is 12.3. The highest BCUT2D eigenvalue weighted by molar-refractivity contribution is 7.98. The SMILES string of the molecule is CSc1ccc(-c2nc(C(=O)CCl)cs2)cc1. The average Bonchev–Trinajstić information content (AvgIpc) is 2.87. The summed E-state index contributed by atoms with van der Waals surface area (Å²) >= 11 is 8.65. The maximum absolute atomic E-state index is 11.4. The summed E-state index contributed by atoms with van der Waals surface area (Å²) in [5, 5.41) is 2.61. The molecular formula is C12H10ClNOS2. The lowest BCUT2D eigenvalue weighted by Crippen LogP contribution is -1.99. The van der Waals surface area contributed by atoms with E-state index in [1.807, 2.05) is 30.5 Å². The van der Waals surface area contributed by atoms with Gasteiger partial charge in [0.1, 0.15) is 10.7 Å². The minimum Gasteiger partial charge on any atom is -0.291 e. The molecule has 0 aliphatic carbocycles. The van der Waals surface area contributed by atoms with Gasteiger partial charge in [0, 0.05) is 15.8 Å². The van der Waals surface area contributed by atoms with E-state index in [0.717, 1.165) is 10.6 Å². The van der Waals surface area contributed by atoms with Crippen molar-refractivity contribution >= 4 is 40.5 Å². The van der Waals surface area contributed by atoms with Gasteiger partial charge in [-0.3, -0.25) is 4.79 Å². The van der Waals surface area contributed by atoms with Crippen LogP contribution >= 0.6 is 34.7 Å². The van der Waals surface area contributed by atoms with Crippen molar-refractivity contribution in [2.24, 2.45) is 0 Å². The first kappa shape index (κ1) is 12.6. The highest BCUT2D eigenvalue weighted by Gasteiger charge is 2.10. The second-order valence-corrected chi connectivity index (χ2v) is 5.33. The van der Waals surface area contributed by atoms with Gasteiger partial charge in [0.05, 0.1) is 5.88 Å². The van der Waals surface area contributed by atoms with Gasteiger partial charge in [-0.05, 0) is 18.4 Å². The van der Waals surface area contributed by atoms with Gasteiger partial charge in [0.25, 0.3) is 0 Å². The number of hydrogen-bond donors (Lipinski definition) is 0. The molecule has 2 rings (SSSR count). The molecule has 0 radical (unpaired) electrons. The quantitative estimate of drug-likeness (QED) is 0.483. The number of benzene rings is 1. The molecule has 1 aromatic carbocycles. The van der Waals surface area contributed by atoms with Crippen LogP contribution in [0.15, 0.2) is 34.5 Å². The lowest BCUT2D eigenvalue weighted by Gasteiger charge is -1.98.